The van der Waals surface area contributed by atoms with Crippen molar-refractivity contribution in [3.05, 3.63) is 200 Å². The lowest BCUT2D eigenvalue weighted by Crippen LogP contribution is -1.95. The van der Waals surface area contributed by atoms with Crippen LogP contribution in [-0.4, -0.2) is 4.57 Å². The Labute approximate surface area is 323 Å². The molecule has 0 aliphatic carbocycles. The fraction of sp³-hybridized carbons (Fsp3) is 0. The molecule has 2 heteroatoms. The topological polar surface area (TPSA) is 18.1 Å². The lowest BCUT2D eigenvalue weighted by atomic mass is 9.94. The van der Waals surface area contributed by atoms with E-state index in [2.05, 4.69) is 205 Å². The van der Waals surface area contributed by atoms with Crippen molar-refractivity contribution in [2.45, 2.75) is 0 Å². The summed E-state index contributed by atoms with van der Waals surface area (Å²) in [6, 6.07) is 72.7. The predicted molar refractivity (Wildman–Crippen MR) is 237 cm³/mol. The quantitative estimate of drug-likeness (QED) is 0.166. The van der Waals surface area contributed by atoms with E-state index in [1.807, 2.05) is 0 Å². The second-order valence-corrected chi connectivity index (χ2v) is 14.9. The summed E-state index contributed by atoms with van der Waals surface area (Å²) < 4.78 is 9.27. The Morgan fingerprint density at radius 3 is 1.54 bits per heavy atom. The van der Waals surface area contributed by atoms with Gasteiger partial charge in [0.2, 0.25) is 0 Å². The highest BCUT2D eigenvalue weighted by Gasteiger charge is 2.19. The number of benzene rings is 10. The normalized spacial score (nSPS) is 11.9. The highest BCUT2D eigenvalue weighted by Crippen LogP contribution is 2.43. The van der Waals surface area contributed by atoms with Crippen LogP contribution in [0.15, 0.2) is 205 Å². The molecule has 0 N–H and O–H groups in total. The lowest BCUT2D eigenvalue weighted by Gasteiger charge is -2.14. The summed E-state index contributed by atoms with van der Waals surface area (Å²) in [7, 11) is 0. The van der Waals surface area contributed by atoms with Gasteiger partial charge in [0, 0.05) is 32.8 Å². The average Bonchev–Trinajstić information content (AvgIpc) is 3.81. The Balaban J connectivity index is 1.13. The molecule has 0 radical (unpaired) electrons. The van der Waals surface area contributed by atoms with E-state index in [-0.39, 0.29) is 0 Å². The number of aromatic nitrogens is 1. The number of furan rings is 1. The van der Waals surface area contributed by atoms with E-state index >= 15 is 0 Å². The fourth-order valence-corrected chi connectivity index (χ4v) is 9.15. The molecule has 0 bridgehead atoms. The van der Waals surface area contributed by atoms with Gasteiger partial charge >= 0.3 is 0 Å². The van der Waals surface area contributed by atoms with Crippen molar-refractivity contribution < 1.29 is 4.42 Å². The van der Waals surface area contributed by atoms with E-state index < -0.39 is 0 Å². The molecule has 0 unspecified atom stereocenters. The molecule has 0 saturated heterocycles. The molecular weight excluding hydrogens is 679 g/mol. The molecule has 10 aromatic carbocycles. The summed E-state index contributed by atoms with van der Waals surface area (Å²) in [5.41, 5.74) is 12.2. The van der Waals surface area contributed by atoms with E-state index in [0.29, 0.717) is 0 Å². The van der Waals surface area contributed by atoms with Crippen LogP contribution in [0, 0.1) is 0 Å². The van der Waals surface area contributed by atoms with Crippen LogP contribution in [-0.2, 0) is 0 Å². The van der Waals surface area contributed by atoms with Crippen molar-refractivity contribution in [1.82, 2.24) is 4.57 Å². The fourth-order valence-electron chi connectivity index (χ4n) is 9.15. The van der Waals surface area contributed by atoms with Crippen LogP contribution in [0.3, 0.4) is 0 Å². The van der Waals surface area contributed by atoms with Gasteiger partial charge in [0.1, 0.15) is 11.2 Å². The Morgan fingerprint density at radius 1 is 0.286 bits per heavy atom. The molecule has 0 atom stereocenters. The van der Waals surface area contributed by atoms with E-state index in [0.717, 1.165) is 49.8 Å². The molecular formula is C54H33NO. The van der Waals surface area contributed by atoms with Crippen molar-refractivity contribution in [1.29, 1.82) is 0 Å². The van der Waals surface area contributed by atoms with Crippen LogP contribution in [0.25, 0.3) is 115 Å². The molecule has 2 heterocycles. The van der Waals surface area contributed by atoms with Crippen LogP contribution >= 0.6 is 0 Å². The molecule has 12 rings (SSSR count). The van der Waals surface area contributed by atoms with Crippen molar-refractivity contribution in [3.63, 3.8) is 0 Å². The number of rotatable bonds is 4. The van der Waals surface area contributed by atoms with Crippen LogP contribution < -0.4 is 0 Å². The Hall–Kier alpha value is -7.42. The van der Waals surface area contributed by atoms with Crippen LogP contribution in [0.5, 0.6) is 0 Å². The summed E-state index contributed by atoms with van der Waals surface area (Å²) >= 11 is 0. The minimum absolute atomic E-state index is 0.886. The first kappa shape index (κ1) is 31.0. The third-order valence-corrected chi connectivity index (χ3v) is 11.8. The minimum atomic E-state index is 0.886. The number of fused-ring (bicyclic) bond motifs is 12. The van der Waals surface area contributed by atoms with Crippen molar-refractivity contribution in [2.24, 2.45) is 0 Å². The van der Waals surface area contributed by atoms with Gasteiger partial charge in [-0.15, -0.1) is 0 Å². The molecule has 260 valence electrons. The highest BCUT2D eigenvalue weighted by atomic mass is 16.3. The van der Waals surface area contributed by atoms with Gasteiger partial charge in [0.15, 0.2) is 0 Å². The van der Waals surface area contributed by atoms with Crippen LogP contribution in [0.2, 0.25) is 0 Å². The standard InChI is InChI=1S/C54H33NO/c1-3-13-34(14-4-1)36-24-28-53-49(29-36)50-31-38(35-15-5-2-6-16-35)30-47(54(50)56-53)37-23-26-46-45-21-11-12-22-51(45)55(52(46)32-37)39-25-27-44-42-19-8-7-17-40(42)41-18-9-10-20-43(41)48(44)33-39/h1-33H. The summed E-state index contributed by atoms with van der Waals surface area (Å²) in [6.45, 7) is 0. The molecule has 2 nitrogen and oxygen atoms in total. The van der Waals surface area contributed by atoms with Crippen molar-refractivity contribution >= 4 is 76.1 Å². The SMILES string of the molecule is c1ccc(-c2ccc3oc4c(-c5ccc6c7ccccc7n(-c7ccc8c9ccccc9c9ccccc9c8c7)c6c5)cc(-c5ccccc5)cc4c3c2)cc1. The summed E-state index contributed by atoms with van der Waals surface area (Å²) in [5, 5.41) is 12.3. The smallest absolute Gasteiger partial charge is 0.143 e. The second kappa shape index (κ2) is 12.0. The Morgan fingerprint density at radius 2 is 0.821 bits per heavy atom. The monoisotopic (exact) mass is 711 g/mol. The van der Waals surface area contributed by atoms with E-state index in [1.165, 1.54) is 65.3 Å². The zero-order valence-electron chi connectivity index (χ0n) is 30.4. The minimum Gasteiger partial charge on any atom is -0.455 e. The largest absolute Gasteiger partial charge is 0.455 e. The van der Waals surface area contributed by atoms with Gasteiger partial charge in [-0.05, 0) is 109 Å². The second-order valence-electron chi connectivity index (χ2n) is 14.9. The Bertz CT molecular complexity index is 3480. The van der Waals surface area contributed by atoms with Crippen LogP contribution in [0.1, 0.15) is 0 Å². The number of hydrogen-bond donors (Lipinski definition) is 0. The maximum Gasteiger partial charge on any atom is 0.143 e. The van der Waals surface area contributed by atoms with Crippen molar-refractivity contribution in [3.8, 4) is 39.1 Å². The third kappa shape index (κ3) is 4.63. The predicted octanol–water partition coefficient (Wildman–Crippen LogP) is 15.1. The summed E-state index contributed by atoms with van der Waals surface area (Å²) in [5.74, 6) is 0. The average molecular weight is 712 g/mol. The van der Waals surface area contributed by atoms with Gasteiger partial charge in [-0.3, -0.25) is 0 Å². The van der Waals surface area contributed by atoms with Gasteiger partial charge in [-0.25, -0.2) is 0 Å². The Kier molecular flexibility index (Phi) is 6.66. The van der Waals surface area contributed by atoms with E-state index in [1.54, 1.807) is 0 Å². The van der Waals surface area contributed by atoms with Crippen molar-refractivity contribution in [2.75, 3.05) is 0 Å². The summed E-state index contributed by atoms with van der Waals surface area (Å²) in [4.78, 5) is 0. The maximum absolute atomic E-state index is 6.82. The third-order valence-electron chi connectivity index (χ3n) is 11.8. The number of hydrogen-bond acceptors (Lipinski definition) is 1. The number of para-hydroxylation sites is 1. The zero-order chi connectivity index (χ0) is 36.7. The molecule has 12 aromatic rings. The van der Waals surface area contributed by atoms with E-state index in [9.17, 15) is 0 Å². The molecule has 56 heavy (non-hydrogen) atoms. The lowest BCUT2D eigenvalue weighted by molar-refractivity contribution is 0.670. The molecule has 0 fully saturated rings. The first-order valence-corrected chi connectivity index (χ1v) is 19.3. The number of nitrogens with zero attached hydrogens (tertiary/aromatic N) is 1. The van der Waals surface area contributed by atoms with Gasteiger partial charge in [0.25, 0.3) is 0 Å². The zero-order valence-corrected chi connectivity index (χ0v) is 30.4. The summed E-state index contributed by atoms with van der Waals surface area (Å²) in [6.07, 6.45) is 0. The first-order chi connectivity index (χ1) is 27.8. The molecule has 0 spiro atoms. The molecule has 0 aliphatic rings. The van der Waals surface area contributed by atoms with E-state index in [4.69, 9.17) is 4.42 Å². The molecule has 0 amide bonds. The van der Waals surface area contributed by atoms with Gasteiger partial charge < -0.3 is 8.98 Å². The van der Waals surface area contributed by atoms with Crippen LogP contribution in [0.4, 0.5) is 0 Å². The molecule has 2 aromatic heterocycles. The van der Waals surface area contributed by atoms with Gasteiger partial charge in [-0.1, -0.05) is 152 Å². The van der Waals surface area contributed by atoms with Gasteiger partial charge in [-0.2, -0.15) is 0 Å². The molecule has 0 saturated carbocycles. The van der Waals surface area contributed by atoms with Gasteiger partial charge in [0.05, 0.1) is 11.0 Å². The maximum atomic E-state index is 6.82. The first-order valence-electron chi connectivity index (χ1n) is 19.3. The highest BCUT2D eigenvalue weighted by molar-refractivity contribution is 6.26. The molecule has 0 aliphatic heterocycles.